The number of anilines is 2. The van der Waals surface area contributed by atoms with E-state index in [9.17, 15) is 18.4 Å². The van der Waals surface area contributed by atoms with Gasteiger partial charge in [-0.1, -0.05) is 6.07 Å². The lowest BCUT2D eigenvalue weighted by Gasteiger charge is -2.31. The molecule has 2 aliphatic rings. The molecule has 0 aromatic heterocycles. The quantitative estimate of drug-likeness (QED) is 0.584. The van der Waals surface area contributed by atoms with Crippen LogP contribution in [0.15, 0.2) is 30.3 Å². The second-order valence-corrected chi connectivity index (χ2v) is 8.47. The summed E-state index contributed by atoms with van der Waals surface area (Å²) in [5.41, 5.74) is 0.315. The number of carbonyl (C=O) groups excluding carboxylic acids is 2. The number of likely N-dealkylation sites (N-methyl/N-ethyl adjacent to an activating group) is 1. The lowest BCUT2D eigenvalue weighted by atomic mass is 9.97. The van der Waals surface area contributed by atoms with E-state index in [2.05, 4.69) is 0 Å². The van der Waals surface area contributed by atoms with Crippen LogP contribution in [0.3, 0.4) is 0 Å². The third kappa shape index (κ3) is 3.11. The summed E-state index contributed by atoms with van der Waals surface area (Å²) in [6.07, 6.45) is 1.31. The Morgan fingerprint density at radius 3 is 2.35 bits per heavy atom. The Balaban J connectivity index is 1.80. The van der Waals surface area contributed by atoms with E-state index in [1.54, 1.807) is 42.8 Å². The molecule has 4 rings (SSSR count). The molecule has 2 aromatic carbocycles. The number of hydrogen-bond donors (Lipinski definition) is 1. The third-order valence-corrected chi connectivity index (χ3v) is 6.14. The topological polar surface area (TPSA) is 67.7 Å². The van der Waals surface area contributed by atoms with Crippen molar-refractivity contribution in [3.05, 3.63) is 58.7 Å². The fraction of sp³-hybridized carbons (Fsp3) is 0.273. The highest BCUT2D eigenvalue weighted by atomic mass is 32.1. The highest BCUT2D eigenvalue weighted by Crippen LogP contribution is 2.38. The summed E-state index contributed by atoms with van der Waals surface area (Å²) in [5, 5.41) is 7.20. The van der Waals surface area contributed by atoms with E-state index in [4.69, 9.17) is 17.6 Å². The molecule has 0 radical (unpaired) electrons. The molecule has 2 aromatic rings. The van der Waals surface area contributed by atoms with Crippen molar-refractivity contribution in [2.45, 2.75) is 25.8 Å². The molecule has 6 nitrogen and oxygen atoms in total. The second-order valence-electron chi connectivity index (χ2n) is 8.10. The van der Waals surface area contributed by atoms with E-state index in [-0.39, 0.29) is 16.7 Å². The van der Waals surface area contributed by atoms with Crippen LogP contribution < -0.4 is 9.80 Å². The zero-order valence-electron chi connectivity index (χ0n) is 17.2. The van der Waals surface area contributed by atoms with Gasteiger partial charge in [-0.15, -0.1) is 0 Å². The van der Waals surface area contributed by atoms with Crippen molar-refractivity contribution in [3.8, 4) is 0 Å². The standard InChI is InChI=1S/C22H20F2N4O2S/c1-22(2)20(30)27(14-9-17(23)16(11-25)18(24)10-14)21(31)28(22)13-5-4-12-6-7-26(3)19(29)15(12)8-13/h4-5,8-11,25H,6-7H2,1-3H3. The van der Waals surface area contributed by atoms with Crippen LogP contribution >= 0.6 is 12.2 Å². The van der Waals surface area contributed by atoms with E-state index >= 15 is 0 Å². The number of carbonyl (C=O) groups is 2. The maximum absolute atomic E-state index is 14.3. The van der Waals surface area contributed by atoms with Crippen molar-refractivity contribution in [2.75, 3.05) is 23.4 Å². The molecule has 2 aliphatic heterocycles. The third-order valence-electron chi connectivity index (χ3n) is 5.78. The van der Waals surface area contributed by atoms with Crippen LogP contribution in [0.1, 0.15) is 35.3 Å². The van der Waals surface area contributed by atoms with Gasteiger partial charge in [0, 0.05) is 31.1 Å². The molecule has 0 bridgehead atoms. The molecule has 0 spiro atoms. The molecule has 1 fully saturated rings. The predicted octanol–water partition coefficient (Wildman–Crippen LogP) is 3.51. The molecule has 0 saturated carbocycles. The minimum Gasteiger partial charge on any atom is -0.341 e. The van der Waals surface area contributed by atoms with Crippen LogP contribution in [0.4, 0.5) is 20.2 Å². The fourth-order valence-electron chi connectivity index (χ4n) is 4.01. The average molecular weight is 442 g/mol. The van der Waals surface area contributed by atoms with Gasteiger partial charge >= 0.3 is 0 Å². The van der Waals surface area contributed by atoms with Gasteiger partial charge in [-0.2, -0.15) is 0 Å². The highest BCUT2D eigenvalue weighted by molar-refractivity contribution is 7.81. The number of amides is 2. The molecular formula is C22H20F2N4O2S. The number of rotatable bonds is 3. The number of benzene rings is 2. The average Bonchev–Trinajstić information content (AvgIpc) is 2.88. The minimum atomic E-state index is -1.15. The molecule has 1 N–H and O–H groups in total. The van der Waals surface area contributed by atoms with Crippen LogP contribution in [0, 0.1) is 17.0 Å². The van der Waals surface area contributed by atoms with Gasteiger partial charge in [0.2, 0.25) is 0 Å². The first kappa shape index (κ1) is 21.0. The van der Waals surface area contributed by atoms with Crippen molar-refractivity contribution < 1.29 is 18.4 Å². The van der Waals surface area contributed by atoms with Crippen molar-refractivity contribution >= 4 is 46.7 Å². The van der Waals surface area contributed by atoms with Crippen molar-refractivity contribution in [3.63, 3.8) is 0 Å². The molecule has 1 saturated heterocycles. The largest absolute Gasteiger partial charge is 0.341 e. The first-order chi connectivity index (χ1) is 14.6. The maximum atomic E-state index is 14.3. The molecule has 31 heavy (non-hydrogen) atoms. The summed E-state index contributed by atoms with van der Waals surface area (Å²) in [6, 6.07) is 7.32. The number of thiocarbonyl (C=S) groups is 1. The van der Waals surface area contributed by atoms with Crippen molar-refractivity contribution in [2.24, 2.45) is 0 Å². The van der Waals surface area contributed by atoms with E-state index in [0.717, 1.165) is 29.0 Å². The van der Waals surface area contributed by atoms with Gasteiger partial charge in [0.15, 0.2) is 5.11 Å². The van der Waals surface area contributed by atoms with Crippen LogP contribution in [0.2, 0.25) is 0 Å². The van der Waals surface area contributed by atoms with Crippen LogP contribution in [0.5, 0.6) is 0 Å². The molecule has 0 unspecified atom stereocenters. The Morgan fingerprint density at radius 1 is 1.10 bits per heavy atom. The van der Waals surface area contributed by atoms with Gasteiger partial charge in [0.1, 0.15) is 17.2 Å². The summed E-state index contributed by atoms with van der Waals surface area (Å²) >= 11 is 5.55. The smallest absolute Gasteiger partial charge is 0.259 e. The lowest BCUT2D eigenvalue weighted by Crippen LogP contribution is -2.44. The number of hydrogen-bond acceptors (Lipinski definition) is 4. The van der Waals surface area contributed by atoms with Crippen molar-refractivity contribution in [1.82, 2.24) is 4.90 Å². The summed E-state index contributed by atoms with van der Waals surface area (Å²) in [5.74, 6) is -2.49. The molecule has 2 amide bonds. The zero-order valence-corrected chi connectivity index (χ0v) is 18.0. The summed E-state index contributed by atoms with van der Waals surface area (Å²) in [7, 11) is 1.73. The van der Waals surface area contributed by atoms with E-state index in [0.29, 0.717) is 24.0 Å². The van der Waals surface area contributed by atoms with Crippen LogP contribution in [0.25, 0.3) is 0 Å². The molecule has 0 atom stereocenters. The summed E-state index contributed by atoms with van der Waals surface area (Å²) < 4.78 is 28.5. The van der Waals surface area contributed by atoms with E-state index in [1.807, 2.05) is 6.07 Å². The van der Waals surface area contributed by atoms with Gasteiger partial charge in [-0.3, -0.25) is 14.5 Å². The van der Waals surface area contributed by atoms with E-state index < -0.39 is 28.6 Å². The fourth-order valence-corrected chi connectivity index (χ4v) is 4.53. The highest BCUT2D eigenvalue weighted by Gasteiger charge is 2.50. The molecular weight excluding hydrogens is 422 g/mol. The molecule has 2 heterocycles. The number of nitrogens with one attached hydrogen (secondary N) is 1. The van der Waals surface area contributed by atoms with Crippen LogP contribution in [-0.2, 0) is 11.2 Å². The predicted molar refractivity (Wildman–Crippen MR) is 118 cm³/mol. The normalized spacial score (nSPS) is 18.0. The Kier molecular flexibility index (Phi) is 4.88. The Labute approximate surface area is 183 Å². The minimum absolute atomic E-state index is 0.0490. The van der Waals surface area contributed by atoms with Gasteiger partial charge in [0.05, 0.1) is 11.3 Å². The summed E-state index contributed by atoms with van der Waals surface area (Å²) in [6.45, 7) is 3.95. The first-order valence-corrected chi connectivity index (χ1v) is 10.1. The van der Waals surface area contributed by atoms with Gasteiger partial charge in [-0.05, 0) is 62.3 Å². The Hall–Kier alpha value is -3.20. The van der Waals surface area contributed by atoms with E-state index in [1.165, 1.54) is 0 Å². The van der Waals surface area contributed by atoms with Crippen molar-refractivity contribution in [1.29, 1.82) is 5.41 Å². The first-order valence-electron chi connectivity index (χ1n) is 9.64. The lowest BCUT2D eigenvalue weighted by molar-refractivity contribution is -0.120. The molecule has 160 valence electrons. The Morgan fingerprint density at radius 2 is 1.74 bits per heavy atom. The molecule has 0 aliphatic carbocycles. The summed E-state index contributed by atoms with van der Waals surface area (Å²) in [4.78, 5) is 30.2. The number of fused-ring (bicyclic) bond motifs is 1. The van der Waals surface area contributed by atoms with Gasteiger partial charge in [0.25, 0.3) is 11.8 Å². The van der Waals surface area contributed by atoms with Crippen LogP contribution in [-0.4, -0.2) is 47.2 Å². The van der Waals surface area contributed by atoms with Gasteiger partial charge in [-0.25, -0.2) is 8.78 Å². The Bertz CT molecular complexity index is 1140. The van der Waals surface area contributed by atoms with Gasteiger partial charge < -0.3 is 15.2 Å². The SMILES string of the molecule is CN1CCc2ccc(N3C(=S)N(c4cc(F)c(C=N)c(F)c4)C(=O)C3(C)C)cc2C1=O. The monoisotopic (exact) mass is 442 g/mol. The maximum Gasteiger partial charge on any atom is 0.259 e. The molecule has 9 heteroatoms. The number of halogens is 2. The number of nitrogens with zero attached hydrogens (tertiary/aromatic N) is 3. The zero-order chi connectivity index (χ0) is 22.7. The second kappa shape index (κ2) is 7.19.